The molecule has 0 saturated heterocycles. The number of aromatic nitrogens is 2. The van der Waals surface area contributed by atoms with E-state index in [-0.39, 0.29) is 5.91 Å². The quantitative estimate of drug-likeness (QED) is 0.696. The summed E-state index contributed by atoms with van der Waals surface area (Å²) in [4.78, 5) is 18.6. The minimum absolute atomic E-state index is 0.0746. The second-order valence-corrected chi connectivity index (χ2v) is 5.63. The average Bonchev–Trinajstić information content (AvgIpc) is 3.18. The highest BCUT2D eigenvalue weighted by Gasteiger charge is 2.14. The standard InChI is InChI=1S/C20H21N3O/c1-2-22(16-11-17-9-12-21-13-10-17)20(24)18-5-7-19(8-6-18)23-14-3-4-15-23/h3-10,12-15H,2,11,16H2,1H3. The molecule has 0 aliphatic carbocycles. The number of carbonyl (C=O) groups is 1. The van der Waals surface area contributed by atoms with Gasteiger partial charge < -0.3 is 9.47 Å². The van der Waals surface area contributed by atoms with Crippen LogP contribution >= 0.6 is 0 Å². The SMILES string of the molecule is CCN(CCc1ccncc1)C(=O)c1ccc(-n2cccc2)cc1. The van der Waals surface area contributed by atoms with Crippen molar-refractivity contribution in [1.82, 2.24) is 14.5 Å². The van der Waals surface area contributed by atoms with Gasteiger partial charge in [-0.05, 0) is 67.4 Å². The molecule has 0 atom stereocenters. The van der Waals surface area contributed by atoms with Gasteiger partial charge in [-0.2, -0.15) is 0 Å². The number of likely N-dealkylation sites (N-methyl/N-ethyl adjacent to an activating group) is 1. The van der Waals surface area contributed by atoms with Gasteiger partial charge in [-0.15, -0.1) is 0 Å². The molecule has 0 aliphatic heterocycles. The second-order valence-electron chi connectivity index (χ2n) is 5.63. The lowest BCUT2D eigenvalue weighted by molar-refractivity contribution is 0.0766. The molecule has 0 aliphatic rings. The molecule has 2 heterocycles. The van der Waals surface area contributed by atoms with Gasteiger partial charge in [0.05, 0.1) is 0 Å². The van der Waals surface area contributed by atoms with Gasteiger partial charge in [-0.1, -0.05) is 0 Å². The van der Waals surface area contributed by atoms with E-state index in [1.165, 1.54) is 5.56 Å². The zero-order valence-electron chi connectivity index (χ0n) is 13.8. The van der Waals surface area contributed by atoms with E-state index < -0.39 is 0 Å². The fraction of sp³-hybridized carbons (Fsp3) is 0.200. The monoisotopic (exact) mass is 319 g/mol. The molecule has 1 amide bonds. The van der Waals surface area contributed by atoms with E-state index in [0.29, 0.717) is 13.1 Å². The number of benzene rings is 1. The van der Waals surface area contributed by atoms with Gasteiger partial charge >= 0.3 is 0 Å². The van der Waals surface area contributed by atoms with Crippen LogP contribution in [-0.2, 0) is 6.42 Å². The summed E-state index contributed by atoms with van der Waals surface area (Å²) in [5.74, 6) is 0.0746. The lowest BCUT2D eigenvalue weighted by atomic mass is 10.1. The van der Waals surface area contributed by atoms with Crippen LogP contribution in [0.5, 0.6) is 0 Å². The van der Waals surface area contributed by atoms with Crippen molar-refractivity contribution >= 4 is 5.91 Å². The summed E-state index contributed by atoms with van der Waals surface area (Å²) in [5, 5.41) is 0. The zero-order chi connectivity index (χ0) is 16.8. The molecule has 0 spiro atoms. The first-order valence-corrected chi connectivity index (χ1v) is 8.19. The summed E-state index contributed by atoms with van der Waals surface area (Å²) < 4.78 is 2.02. The molecule has 0 unspecified atom stereocenters. The highest BCUT2D eigenvalue weighted by atomic mass is 16.2. The predicted octanol–water partition coefficient (Wildman–Crippen LogP) is 3.58. The third-order valence-electron chi connectivity index (χ3n) is 4.11. The summed E-state index contributed by atoms with van der Waals surface area (Å²) in [6, 6.07) is 15.7. The molecule has 0 fully saturated rings. The Balaban J connectivity index is 1.67. The molecule has 122 valence electrons. The van der Waals surface area contributed by atoms with E-state index in [1.807, 2.05) is 77.3 Å². The molecule has 3 aromatic rings. The molecule has 0 radical (unpaired) electrons. The van der Waals surface area contributed by atoms with Crippen molar-refractivity contribution < 1.29 is 4.79 Å². The van der Waals surface area contributed by atoms with Gasteiger partial charge in [0, 0.05) is 49.1 Å². The summed E-state index contributed by atoms with van der Waals surface area (Å²) in [7, 11) is 0. The van der Waals surface area contributed by atoms with E-state index in [2.05, 4.69) is 4.98 Å². The van der Waals surface area contributed by atoms with Crippen LogP contribution in [0.25, 0.3) is 5.69 Å². The first-order valence-electron chi connectivity index (χ1n) is 8.19. The molecule has 3 rings (SSSR count). The maximum absolute atomic E-state index is 12.7. The Morgan fingerprint density at radius 2 is 1.71 bits per heavy atom. The molecule has 4 nitrogen and oxygen atoms in total. The van der Waals surface area contributed by atoms with Crippen molar-refractivity contribution in [2.75, 3.05) is 13.1 Å². The molecule has 1 aromatic carbocycles. The minimum atomic E-state index is 0.0746. The molecule has 0 bridgehead atoms. The largest absolute Gasteiger partial charge is 0.339 e. The second kappa shape index (κ2) is 7.59. The Hall–Kier alpha value is -2.88. The molecule has 2 aromatic heterocycles. The van der Waals surface area contributed by atoms with Gasteiger partial charge in [0.15, 0.2) is 0 Å². The molecule has 0 N–H and O–H groups in total. The molecule has 4 heteroatoms. The molecule has 0 saturated carbocycles. The average molecular weight is 319 g/mol. The van der Waals surface area contributed by atoms with Crippen LogP contribution < -0.4 is 0 Å². The van der Waals surface area contributed by atoms with Crippen LogP contribution in [-0.4, -0.2) is 33.4 Å². The number of rotatable bonds is 6. The highest BCUT2D eigenvalue weighted by Crippen LogP contribution is 2.12. The molecular weight excluding hydrogens is 298 g/mol. The minimum Gasteiger partial charge on any atom is -0.339 e. The topological polar surface area (TPSA) is 38.1 Å². The summed E-state index contributed by atoms with van der Waals surface area (Å²) in [6.45, 7) is 3.42. The Kier molecular flexibility index (Phi) is 5.06. The fourth-order valence-corrected chi connectivity index (χ4v) is 2.68. The Morgan fingerprint density at radius 1 is 1.04 bits per heavy atom. The van der Waals surface area contributed by atoms with E-state index in [1.54, 1.807) is 12.4 Å². The number of amides is 1. The zero-order valence-corrected chi connectivity index (χ0v) is 13.8. The van der Waals surface area contributed by atoms with Crippen LogP contribution in [0.15, 0.2) is 73.3 Å². The predicted molar refractivity (Wildman–Crippen MR) is 95.3 cm³/mol. The number of carbonyl (C=O) groups excluding carboxylic acids is 1. The van der Waals surface area contributed by atoms with Crippen molar-refractivity contribution in [3.8, 4) is 5.69 Å². The van der Waals surface area contributed by atoms with Crippen LogP contribution in [0.1, 0.15) is 22.8 Å². The fourth-order valence-electron chi connectivity index (χ4n) is 2.68. The smallest absolute Gasteiger partial charge is 0.253 e. The Morgan fingerprint density at radius 3 is 2.33 bits per heavy atom. The number of pyridine rings is 1. The van der Waals surface area contributed by atoms with Gasteiger partial charge in [0.1, 0.15) is 0 Å². The lowest BCUT2D eigenvalue weighted by Gasteiger charge is -2.21. The Labute approximate surface area is 142 Å². The van der Waals surface area contributed by atoms with Gasteiger partial charge in [0.25, 0.3) is 5.91 Å². The van der Waals surface area contributed by atoms with Crippen molar-refractivity contribution in [2.24, 2.45) is 0 Å². The van der Waals surface area contributed by atoms with Gasteiger partial charge in [0.2, 0.25) is 0 Å². The molecular formula is C20H21N3O. The number of nitrogens with zero attached hydrogens (tertiary/aromatic N) is 3. The van der Waals surface area contributed by atoms with Crippen LogP contribution in [0, 0.1) is 0 Å². The summed E-state index contributed by atoms with van der Waals surface area (Å²) in [5.41, 5.74) is 2.97. The first kappa shape index (κ1) is 16.0. The van der Waals surface area contributed by atoms with E-state index in [0.717, 1.165) is 17.7 Å². The van der Waals surface area contributed by atoms with E-state index >= 15 is 0 Å². The third kappa shape index (κ3) is 3.71. The number of hydrogen-bond donors (Lipinski definition) is 0. The summed E-state index contributed by atoms with van der Waals surface area (Å²) in [6.07, 6.45) is 8.39. The van der Waals surface area contributed by atoms with Crippen LogP contribution in [0.2, 0.25) is 0 Å². The van der Waals surface area contributed by atoms with Crippen LogP contribution in [0.3, 0.4) is 0 Å². The normalized spacial score (nSPS) is 10.5. The van der Waals surface area contributed by atoms with E-state index in [9.17, 15) is 4.79 Å². The maximum Gasteiger partial charge on any atom is 0.253 e. The number of hydrogen-bond acceptors (Lipinski definition) is 2. The van der Waals surface area contributed by atoms with E-state index in [4.69, 9.17) is 0 Å². The van der Waals surface area contributed by atoms with Crippen molar-refractivity contribution in [3.05, 3.63) is 84.4 Å². The van der Waals surface area contributed by atoms with Crippen molar-refractivity contribution in [1.29, 1.82) is 0 Å². The maximum atomic E-state index is 12.7. The van der Waals surface area contributed by atoms with Gasteiger partial charge in [-0.25, -0.2) is 0 Å². The first-order chi connectivity index (χ1) is 11.8. The van der Waals surface area contributed by atoms with Crippen LogP contribution in [0.4, 0.5) is 0 Å². The Bertz CT molecular complexity index is 764. The third-order valence-corrected chi connectivity index (χ3v) is 4.11. The van der Waals surface area contributed by atoms with Gasteiger partial charge in [-0.3, -0.25) is 9.78 Å². The van der Waals surface area contributed by atoms with Crippen molar-refractivity contribution in [2.45, 2.75) is 13.3 Å². The lowest BCUT2D eigenvalue weighted by Crippen LogP contribution is -2.32. The summed E-state index contributed by atoms with van der Waals surface area (Å²) >= 11 is 0. The molecule has 24 heavy (non-hydrogen) atoms. The van der Waals surface area contributed by atoms with Crippen molar-refractivity contribution in [3.63, 3.8) is 0 Å². The highest BCUT2D eigenvalue weighted by molar-refractivity contribution is 5.94.